The van der Waals surface area contributed by atoms with Crippen LogP contribution < -0.4 is 5.73 Å². The van der Waals surface area contributed by atoms with Gasteiger partial charge in [0.1, 0.15) is 18.8 Å². The summed E-state index contributed by atoms with van der Waals surface area (Å²) in [7, 11) is 0. The molecule has 0 aliphatic carbocycles. The van der Waals surface area contributed by atoms with Gasteiger partial charge in [-0.3, -0.25) is 4.79 Å². The zero-order valence-electron chi connectivity index (χ0n) is 11.5. The maximum absolute atomic E-state index is 12.0. The monoisotopic (exact) mass is 283 g/mol. The Labute approximate surface area is 123 Å². The highest BCUT2D eigenvalue weighted by Gasteiger charge is 2.27. The van der Waals surface area contributed by atoms with Gasteiger partial charge < -0.3 is 15.3 Å². The summed E-state index contributed by atoms with van der Waals surface area (Å²) in [6.45, 7) is 0.130. The Bertz CT molecular complexity index is 583. The van der Waals surface area contributed by atoms with E-state index in [9.17, 15) is 9.59 Å². The van der Waals surface area contributed by atoms with Gasteiger partial charge in [-0.25, -0.2) is 0 Å². The smallest absolute Gasteiger partial charge is 0.318 e. The molecule has 2 aromatic rings. The summed E-state index contributed by atoms with van der Waals surface area (Å²) in [5.74, 6) is -1.61. The fraction of sp³-hybridized carbons (Fsp3) is 0.176. The standard InChI is InChI=1S/C17H17NO3/c18-16(14-9-5-2-6-10-14)15(11-19)17(20)21-12-13-7-3-1-4-8-13/h1-11,15-16H,12,18H2/t15-,16?/m1/s1. The van der Waals surface area contributed by atoms with Crippen molar-refractivity contribution < 1.29 is 14.3 Å². The number of carbonyl (C=O) groups is 2. The van der Waals surface area contributed by atoms with Crippen LogP contribution in [0, 0.1) is 5.92 Å². The number of hydrogen-bond donors (Lipinski definition) is 1. The molecule has 108 valence electrons. The second-order valence-corrected chi connectivity index (χ2v) is 4.69. The summed E-state index contributed by atoms with van der Waals surface area (Å²) in [5.41, 5.74) is 7.58. The predicted octanol–water partition coefficient (Wildman–Crippen LogP) is 2.24. The van der Waals surface area contributed by atoms with Gasteiger partial charge in [-0.05, 0) is 11.1 Å². The third kappa shape index (κ3) is 4.00. The first kappa shape index (κ1) is 14.9. The van der Waals surface area contributed by atoms with Crippen molar-refractivity contribution in [2.75, 3.05) is 0 Å². The summed E-state index contributed by atoms with van der Waals surface area (Å²) >= 11 is 0. The van der Waals surface area contributed by atoms with Gasteiger partial charge in [0.05, 0.1) is 0 Å². The molecule has 0 saturated heterocycles. The highest BCUT2D eigenvalue weighted by atomic mass is 16.5. The molecule has 0 aliphatic rings. The molecule has 0 radical (unpaired) electrons. The molecule has 0 fully saturated rings. The maximum Gasteiger partial charge on any atom is 0.318 e. The fourth-order valence-electron chi connectivity index (χ4n) is 1.99. The summed E-state index contributed by atoms with van der Waals surface area (Å²) < 4.78 is 5.17. The maximum atomic E-state index is 12.0. The van der Waals surface area contributed by atoms with Crippen LogP contribution in [0.4, 0.5) is 0 Å². The molecule has 1 unspecified atom stereocenters. The number of benzene rings is 2. The van der Waals surface area contributed by atoms with Crippen LogP contribution in [0.1, 0.15) is 17.2 Å². The zero-order chi connectivity index (χ0) is 15.1. The Kier molecular flexibility index (Phi) is 5.23. The van der Waals surface area contributed by atoms with Gasteiger partial charge in [-0.1, -0.05) is 60.7 Å². The van der Waals surface area contributed by atoms with Crippen molar-refractivity contribution in [2.45, 2.75) is 12.6 Å². The highest BCUT2D eigenvalue weighted by Crippen LogP contribution is 2.19. The normalized spacial score (nSPS) is 13.2. The quantitative estimate of drug-likeness (QED) is 0.501. The molecule has 2 N–H and O–H groups in total. The summed E-state index contributed by atoms with van der Waals surface area (Å²) in [4.78, 5) is 23.2. The van der Waals surface area contributed by atoms with Gasteiger partial charge in [0, 0.05) is 6.04 Å². The van der Waals surface area contributed by atoms with Gasteiger partial charge in [0.15, 0.2) is 0 Å². The fourth-order valence-corrected chi connectivity index (χ4v) is 1.99. The molecule has 21 heavy (non-hydrogen) atoms. The van der Waals surface area contributed by atoms with E-state index in [0.717, 1.165) is 11.1 Å². The van der Waals surface area contributed by atoms with Crippen molar-refractivity contribution in [3.05, 3.63) is 71.8 Å². The molecule has 0 amide bonds. The van der Waals surface area contributed by atoms with E-state index >= 15 is 0 Å². The lowest BCUT2D eigenvalue weighted by Crippen LogP contribution is -2.31. The van der Waals surface area contributed by atoms with E-state index < -0.39 is 17.9 Å². The Morgan fingerprint density at radius 1 is 1.05 bits per heavy atom. The third-order valence-electron chi connectivity index (χ3n) is 3.21. The van der Waals surface area contributed by atoms with Crippen LogP contribution in [-0.4, -0.2) is 12.3 Å². The molecule has 0 bridgehead atoms. The zero-order valence-corrected chi connectivity index (χ0v) is 11.5. The largest absolute Gasteiger partial charge is 0.460 e. The first-order valence-corrected chi connectivity index (χ1v) is 6.68. The van der Waals surface area contributed by atoms with Gasteiger partial charge >= 0.3 is 5.97 Å². The Hall–Kier alpha value is -2.46. The minimum Gasteiger partial charge on any atom is -0.460 e. The van der Waals surface area contributed by atoms with Crippen LogP contribution in [0.5, 0.6) is 0 Å². The first-order valence-electron chi connectivity index (χ1n) is 6.68. The number of carbonyl (C=O) groups excluding carboxylic acids is 2. The van der Waals surface area contributed by atoms with Crippen molar-refractivity contribution >= 4 is 12.3 Å². The van der Waals surface area contributed by atoms with E-state index in [-0.39, 0.29) is 6.61 Å². The molecule has 4 nitrogen and oxygen atoms in total. The number of nitrogens with two attached hydrogens (primary N) is 1. The highest BCUT2D eigenvalue weighted by molar-refractivity contribution is 5.88. The Morgan fingerprint density at radius 3 is 2.19 bits per heavy atom. The molecule has 0 spiro atoms. The van der Waals surface area contributed by atoms with Crippen molar-refractivity contribution in [1.29, 1.82) is 0 Å². The number of hydrogen-bond acceptors (Lipinski definition) is 4. The van der Waals surface area contributed by atoms with Gasteiger partial charge in [0.25, 0.3) is 0 Å². The second kappa shape index (κ2) is 7.36. The second-order valence-electron chi connectivity index (χ2n) is 4.69. The van der Waals surface area contributed by atoms with Crippen LogP contribution in [0.25, 0.3) is 0 Å². The van der Waals surface area contributed by atoms with E-state index in [1.165, 1.54) is 0 Å². The van der Waals surface area contributed by atoms with Crippen molar-refractivity contribution in [3.63, 3.8) is 0 Å². The number of ether oxygens (including phenoxy) is 1. The van der Waals surface area contributed by atoms with E-state index in [0.29, 0.717) is 6.29 Å². The minimum absolute atomic E-state index is 0.130. The third-order valence-corrected chi connectivity index (χ3v) is 3.21. The van der Waals surface area contributed by atoms with Crippen LogP contribution in [0.3, 0.4) is 0 Å². The SMILES string of the molecule is NC(c1ccccc1)[C@@H](C=O)C(=O)OCc1ccccc1. The predicted molar refractivity (Wildman–Crippen MR) is 79.2 cm³/mol. The number of esters is 1. The van der Waals surface area contributed by atoms with Crippen LogP contribution in [0.2, 0.25) is 0 Å². The van der Waals surface area contributed by atoms with Crippen LogP contribution >= 0.6 is 0 Å². The molecule has 2 atom stereocenters. The number of aldehydes is 1. The van der Waals surface area contributed by atoms with Gasteiger partial charge in [-0.2, -0.15) is 0 Å². The first-order chi connectivity index (χ1) is 10.2. The molecule has 0 aromatic heterocycles. The molecule has 0 heterocycles. The van der Waals surface area contributed by atoms with Crippen molar-refractivity contribution in [1.82, 2.24) is 0 Å². The molecule has 4 heteroatoms. The molecular weight excluding hydrogens is 266 g/mol. The Balaban J connectivity index is 2.00. The molecule has 2 aromatic carbocycles. The van der Waals surface area contributed by atoms with Crippen LogP contribution in [-0.2, 0) is 20.9 Å². The minimum atomic E-state index is -1.00. The van der Waals surface area contributed by atoms with E-state index in [1.807, 2.05) is 48.5 Å². The van der Waals surface area contributed by atoms with E-state index in [1.54, 1.807) is 12.1 Å². The average molecular weight is 283 g/mol. The molecule has 2 rings (SSSR count). The van der Waals surface area contributed by atoms with Gasteiger partial charge in [0.2, 0.25) is 0 Å². The summed E-state index contributed by atoms with van der Waals surface area (Å²) in [6.07, 6.45) is 0.547. The average Bonchev–Trinajstić information content (AvgIpc) is 2.55. The summed E-state index contributed by atoms with van der Waals surface area (Å²) in [6, 6.07) is 17.6. The lowest BCUT2D eigenvalue weighted by molar-refractivity contribution is -0.151. The lowest BCUT2D eigenvalue weighted by Gasteiger charge is -2.18. The van der Waals surface area contributed by atoms with Gasteiger partial charge in [-0.15, -0.1) is 0 Å². The van der Waals surface area contributed by atoms with E-state index in [2.05, 4.69) is 0 Å². The van der Waals surface area contributed by atoms with Crippen LogP contribution in [0.15, 0.2) is 60.7 Å². The van der Waals surface area contributed by atoms with Crippen molar-refractivity contribution in [2.24, 2.45) is 11.7 Å². The van der Waals surface area contributed by atoms with E-state index in [4.69, 9.17) is 10.5 Å². The Morgan fingerprint density at radius 2 is 1.62 bits per heavy atom. The molecule has 0 saturated carbocycles. The number of rotatable bonds is 6. The molecule has 0 aliphatic heterocycles. The summed E-state index contributed by atoms with van der Waals surface area (Å²) in [5, 5.41) is 0. The van der Waals surface area contributed by atoms with Crippen molar-refractivity contribution in [3.8, 4) is 0 Å². The topological polar surface area (TPSA) is 69.4 Å². The lowest BCUT2D eigenvalue weighted by atomic mass is 9.95. The molecular formula is C17H17NO3.